The van der Waals surface area contributed by atoms with E-state index in [0.29, 0.717) is 11.4 Å². The Labute approximate surface area is 180 Å². The summed E-state index contributed by atoms with van der Waals surface area (Å²) in [4.78, 5) is 39.3. The zero-order valence-electron chi connectivity index (χ0n) is 17.5. The van der Waals surface area contributed by atoms with Crippen molar-refractivity contribution in [2.24, 2.45) is 0 Å². The van der Waals surface area contributed by atoms with E-state index in [-0.39, 0.29) is 31.3 Å². The van der Waals surface area contributed by atoms with Crippen LogP contribution in [0.25, 0.3) is 0 Å². The standard InChI is InChI=1S/C22H26N4O5/c1-30-20(31-2)13-23-21(28)17(12-15-8-4-3-5-9-15)25-22(29)26-14-19(27)24-16-10-6-7-11-18(16)26/h3-11,17,20H,12-14H2,1-2H3,(H,23,28)(H,24,27)(H,25,29). The van der Waals surface area contributed by atoms with Crippen LogP contribution in [0, 0.1) is 0 Å². The van der Waals surface area contributed by atoms with E-state index in [1.165, 1.54) is 19.1 Å². The van der Waals surface area contributed by atoms with Crippen LogP contribution in [0.15, 0.2) is 54.6 Å². The maximum absolute atomic E-state index is 13.1. The van der Waals surface area contributed by atoms with Crippen molar-refractivity contribution in [2.45, 2.75) is 18.8 Å². The number of amides is 4. The lowest BCUT2D eigenvalue weighted by atomic mass is 10.1. The molecule has 3 rings (SSSR count). The van der Waals surface area contributed by atoms with Gasteiger partial charge in [-0.25, -0.2) is 4.79 Å². The van der Waals surface area contributed by atoms with Crippen LogP contribution in [-0.2, 0) is 25.5 Å². The van der Waals surface area contributed by atoms with E-state index in [9.17, 15) is 14.4 Å². The molecule has 0 aliphatic carbocycles. The van der Waals surface area contributed by atoms with Gasteiger partial charge in [0.1, 0.15) is 12.6 Å². The van der Waals surface area contributed by atoms with Gasteiger partial charge in [-0.3, -0.25) is 14.5 Å². The third kappa shape index (κ3) is 5.80. The van der Waals surface area contributed by atoms with Crippen molar-refractivity contribution in [1.29, 1.82) is 0 Å². The maximum Gasteiger partial charge on any atom is 0.323 e. The number of hydrogen-bond donors (Lipinski definition) is 3. The Morgan fingerprint density at radius 2 is 1.74 bits per heavy atom. The molecule has 164 valence electrons. The zero-order valence-corrected chi connectivity index (χ0v) is 17.5. The van der Waals surface area contributed by atoms with Crippen molar-refractivity contribution in [3.05, 3.63) is 60.2 Å². The summed E-state index contributed by atoms with van der Waals surface area (Å²) in [5.41, 5.74) is 1.99. The number of para-hydroxylation sites is 2. The minimum Gasteiger partial charge on any atom is -0.354 e. The molecule has 0 saturated heterocycles. The number of ether oxygens (including phenoxy) is 2. The van der Waals surface area contributed by atoms with Crippen molar-refractivity contribution in [3.63, 3.8) is 0 Å². The summed E-state index contributed by atoms with van der Waals surface area (Å²) in [6, 6.07) is 15.0. The van der Waals surface area contributed by atoms with Crippen LogP contribution < -0.4 is 20.9 Å². The zero-order chi connectivity index (χ0) is 22.2. The maximum atomic E-state index is 13.1. The molecule has 1 atom stereocenters. The fourth-order valence-corrected chi connectivity index (χ4v) is 3.27. The SMILES string of the molecule is COC(CNC(=O)C(Cc1ccccc1)NC(=O)N1CC(=O)Nc2ccccc21)OC. The van der Waals surface area contributed by atoms with Gasteiger partial charge in [-0.2, -0.15) is 0 Å². The summed E-state index contributed by atoms with van der Waals surface area (Å²) >= 11 is 0. The molecule has 1 aliphatic rings. The first kappa shape index (κ1) is 22.3. The van der Waals surface area contributed by atoms with Crippen LogP contribution in [0.5, 0.6) is 0 Å². The highest BCUT2D eigenvalue weighted by Gasteiger charge is 2.30. The second kappa shape index (κ2) is 10.6. The van der Waals surface area contributed by atoms with Crippen LogP contribution in [0.3, 0.4) is 0 Å². The van der Waals surface area contributed by atoms with Crippen molar-refractivity contribution in [1.82, 2.24) is 10.6 Å². The molecule has 0 bridgehead atoms. The van der Waals surface area contributed by atoms with Crippen LogP contribution in [-0.4, -0.2) is 57.5 Å². The molecule has 9 nitrogen and oxygen atoms in total. The average molecular weight is 426 g/mol. The quantitative estimate of drug-likeness (QED) is 0.555. The molecule has 0 spiro atoms. The van der Waals surface area contributed by atoms with Gasteiger partial charge >= 0.3 is 6.03 Å². The second-order valence-electron chi connectivity index (χ2n) is 6.99. The number of fused-ring (bicyclic) bond motifs is 1. The van der Waals surface area contributed by atoms with Gasteiger partial charge in [-0.05, 0) is 17.7 Å². The molecule has 31 heavy (non-hydrogen) atoms. The van der Waals surface area contributed by atoms with Crippen LogP contribution in [0.4, 0.5) is 16.2 Å². The lowest BCUT2D eigenvalue weighted by molar-refractivity contribution is -0.129. The molecule has 0 radical (unpaired) electrons. The molecule has 0 fully saturated rings. The summed E-state index contributed by atoms with van der Waals surface area (Å²) in [5, 5.41) is 8.25. The van der Waals surface area contributed by atoms with Gasteiger partial charge in [0.05, 0.1) is 17.9 Å². The third-order valence-electron chi connectivity index (χ3n) is 4.88. The Morgan fingerprint density at radius 1 is 1.06 bits per heavy atom. The molecule has 4 amide bonds. The molecular weight excluding hydrogens is 400 g/mol. The van der Waals surface area contributed by atoms with E-state index in [0.717, 1.165) is 5.56 Å². The van der Waals surface area contributed by atoms with Gasteiger partial charge in [-0.1, -0.05) is 42.5 Å². The topological polar surface area (TPSA) is 109 Å². The molecule has 1 heterocycles. The van der Waals surface area contributed by atoms with E-state index in [2.05, 4.69) is 16.0 Å². The van der Waals surface area contributed by atoms with Gasteiger partial charge in [-0.15, -0.1) is 0 Å². The van der Waals surface area contributed by atoms with E-state index in [1.807, 2.05) is 30.3 Å². The third-order valence-corrected chi connectivity index (χ3v) is 4.88. The number of anilines is 2. The highest BCUT2D eigenvalue weighted by molar-refractivity contribution is 6.10. The largest absolute Gasteiger partial charge is 0.354 e. The molecule has 1 unspecified atom stereocenters. The molecule has 0 saturated carbocycles. The second-order valence-corrected chi connectivity index (χ2v) is 6.99. The molecular formula is C22H26N4O5. The van der Waals surface area contributed by atoms with Crippen molar-refractivity contribution in [2.75, 3.05) is 37.5 Å². The number of urea groups is 1. The minimum atomic E-state index is -0.860. The predicted octanol–water partition coefficient (Wildman–Crippen LogP) is 1.50. The van der Waals surface area contributed by atoms with Gasteiger partial charge in [0.15, 0.2) is 6.29 Å². The number of nitrogens with zero attached hydrogens (tertiary/aromatic N) is 1. The van der Waals surface area contributed by atoms with E-state index < -0.39 is 18.4 Å². The van der Waals surface area contributed by atoms with E-state index >= 15 is 0 Å². The first-order valence-corrected chi connectivity index (χ1v) is 9.86. The predicted molar refractivity (Wildman–Crippen MR) is 116 cm³/mol. The first-order chi connectivity index (χ1) is 15.0. The lowest BCUT2D eigenvalue weighted by Crippen LogP contribution is -2.55. The highest BCUT2D eigenvalue weighted by Crippen LogP contribution is 2.28. The van der Waals surface area contributed by atoms with Crippen LogP contribution in [0.2, 0.25) is 0 Å². The number of carbonyl (C=O) groups excluding carboxylic acids is 3. The fraction of sp³-hybridized carbons (Fsp3) is 0.318. The number of methoxy groups -OCH3 is 2. The molecule has 3 N–H and O–H groups in total. The number of carbonyl (C=O) groups is 3. The Balaban J connectivity index is 1.76. The number of benzene rings is 2. The fourth-order valence-electron chi connectivity index (χ4n) is 3.27. The van der Waals surface area contributed by atoms with Gasteiger partial charge in [0.25, 0.3) is 0 Å². The van der Waals surface area contributed by atoms with Crippen molar-refractivity contribution >= 4 is 29.2 Å². The Kier molecular flexibility index (Phi) is 7.58. The normalized spacial score (nSPS) is 13.9. The van der Waals surface area contributed by atoms with Crippen molar-refractivity contribution in [3.8, 4) is 0 Å². The van der Waals surface area contributed by atoms with Crippen LogP contribution in [0.1, 0.15) is 5.56 Å². The highest BCUT2D eigenvalue weighted by atomic mass is 16.7. The number of nitrogens with one attached hydrogen (secondary N) is 3. The van der Waals surface area contributed by atoms with E-state index in [1.54, 1.807) is 24.3 Å². The number of rotatable bonds is 8. The lowest BCUT2D eigenvalue weighted by Gasteiger charge is -2.30. The number of hydrogen-bond acceptors (Lipinski definition) is 5. The summed E-state index contributed by atoms with van der Waals surface area (Å²) < 4.78 is 10.2. The smallest absolute Gasteiger partial charge is 0.323 e. The Bertz CT molecular complexity index is 917. The average Bonchev–Trinajstić information content (AvgIpc) is 2.79. The Hall–Kier alpha value is -3.43. The summed E-state index contributed by atoms with van der Waals surface area (Å²) in [7, 11) is 2.95. The van der Waals surface area contributed by atoms with Gasteiger partial charge < -0.3 is 25.4 Å². The van der Waals surface area contributed by atoms with Gasteiger partial charge in [0.2, 0.25) is 11.8 Å². The molecule has 2 aromatic rings. The molecule has 9 heteroatoms. The molecule has 1 aliphatic heterocycles. The molecule has 2 aromatic carbocycles. The van der Waals surface area contributed by atoms with E-state index in [4.69, 9.17) is 9.47 Å². The summed E-state index contributed by atoms with van der Waals surface area (Å²) in [5.74, 6) is -0.688. The first-order valence-electron chi connectivity index (χ1n) is 9.86. The monoisotopic (exact) mass is 426 g/mol. The van der Waals surface area contributed by atoms with Crippen molar-refractivity contribution < 1.29 is 23.9 Å². The Morgan fingerprint density at radius 3 is 2.45 bits per heavy atom. The van der Waals surface area contributed by atoms with Gasteiger partial charge in [0, 0.05) is 20.6 Å². The summed E-state index contributed by atoms with van der Waals surface area (Å²) in [6.07, 6.45) is -0.320. The summed E-state index contributed by atoms with van der Waals surface area (Å²) in [6.45, 7) is -0.0140. The molecule has 0 aromatic heterocycles. The van der Waals surface area contributed by atoms with Crippen LogP contribution >= 0.6 is 0 Å². The minimum absolute atomic E-state index is 0.127.